The molecule has 0 amide bonds. The summed E-state index contributed by atoms with van der Waals surface area (Å²) >= 11 is 6.41. The molecule has 26 heavy (non-hydrogen) atoms. The van der Waals surface area contributed by atoms with Crippen LogP contribution in [0.2, 0.25) is 0 Å². The minimum Gasteiger partial charge on any atom is -0.481 e. The van der Waals surface area contributed by atoms with Gasteiger partial charge in [0.2, 0.25) is 0 Å². The molecule has 4 nitrogen and oxygen atoms in total. The molecule has 0 bridgehead atoms. The maximum absolute atomic E-state index is 12.0. The number of carbonyl (C=O) groups excluding carboxylic acids is 1. The SMILES string of the molecule is CC(=O)O.C[C@]12CC[C@H]3[C@@H](CCC4=C(Cl)C(=O)CC[C@@]43C)[C@@H]1CC[C@@H]2O. The van der Waals surface area contributed by atoms with Gasteiger partial charge in [-0.1, -0.05) is 25.4 Å². The van der Waals surface area contributed by atoms with Crippen molar-refractivity contribution in [1.29, 1.82) is 0 Å². The van der Waals surface area contributed by atoms with Crippen LogP contribution in [0, 0.1) is 28.6 Å². The lowest BCUT2D eigenvalue weighted by molar-refractivity contribution is -0.134. The van der Waals surface area contributed by atoms with Crippen molar-refractivity contribution in [3.05, 3.63) is 10.6 Å². The smallest absolute Gasteiger partial charge is 0.300 e. The summed E-state index contributed by atoms with van der Waals surface area (Å²) in [5.41, 5.74) is 1.52. The lowest BCUT2D eigenvalue weighted by Crippen LogP contribution is -2.51. The van der Waals surface area contributed by atoms with Gasteiger partial charge in [0.25, 0.3) is 5.97 Å². The van der Waals surface area contributed by atoms with E-state index in [0.29, 0.717) is 29.2 Å². The summed E-state index contributed by atoms with van der Waals surface area (Å²) < 4.78 is 0. The highest BCUT2D eigenvalue weighted by Crippen LogP contribution is 2.65. The summed E-state index contributed by atoms with van der Waals surface area (Å²) in [6, 6.07) is 0. The van der Waals surface area contributed by atoms with Gasteiger partial charge in [0.05, 0.1) is 11.1 Å². The fourth-order valence-electron chi connectivity index (χ4n) is 6.62. The minimum atomic E-state index is -0.833. The average molecular weight is 383 g/mol. The predicted octanol–water partition coefficient (Wildman–Crippen LogP) is 4.54. The van der Waals surface area contributed by atoms with E-state index in [2.05, 4.69) is 13.8 Å². The van der Waals surface area contributed by atoms with Crippen molar-refractivity contribution >= 4 is 23.4 Å². The number of aliphatic carboxylic acids is 1. The molecule has 6 atom stereocenters. The summed E-state index contributed by atoms with van der Waals surface area (Å²) in [7, 11) is 0. The molecule has 3 fully saturated rings. The third-order valence-corrected chi connectivity index (χ3v) is 8.44. The van der Waals surface area contributed by atoms with E-state index in [4.69, 9.17) is 21.5 Å². The van der Waals surface area contributed by atoms with Crippen molar-refractivity contribution in [2.24, 2.45) is 28.6 Å². The van der Waals surface area contributed by atoms with Crippen LogP contribution in [0.5, 0.6) is 0 Å². The van der Waals surface area contributed by atoms with Gasteiger partial charge in [0.1, 0.15) is 0 Å². The van der Waals surface area contributed by atoms with E-state index in [0.717, 1.165) is 39.0 Å². The number of aliphatic hydroxyl groups is 1. The number of hydrogen-bond donors (Lipinski definition) is 2. The monoisotopic (exact) mass is 382 g/mol. The van der Waals surface area contributed by atoms with Gasteiger partial charge in [-0.25, -0.2) is 0 Å². The van der Waals surface area contributed by atoms with Crippen molar-refractivity contribution in [3.8, 4) is 0 Å². The van der Waals surface area contributed by atoms with E-state index in [1.807, 2.05) is 0 Å². The van der Waals surface area contributed by atoms with E-state index in [1.165, 1.54) is 18.4 Å². The first-order chi connectivity index (χ1) is 12.1. The number of hydrogen-bond acceptors (Lipinski definition) is 3. The zero-order valence-corrected chi connectivity index (χ0v) is 16.8. The third kappa shape index (κ3) is 3.03. The molecule has 4 aliphatic carbocycles. The Balaban J connectivity index is 0.000000447. The molecule has 5 heteroatoms. The number of allylic oxidation sites excluding steroid dienone is 1. The number of carboxylic acid groups (broad SMARTS) is 1. The van der Waals surface area contributed by atoms with E-state index in [-0.39, 0.29) is 22.7 Å². The van der Waals surface area contributed by atoms with Crippen molar-refractivity contribution in [2.45, 2.75) is 78.2 Å². The van der Waals surface area contributed by atoms with Gasteiger partial charge in [0.15, 0.2) is 5.78 Å². The molecule has 0 spiro atoms. The van der Waals surface area contributed by atoms with Gasteiger partial charge in [0, 0.05) is 13.3 Å². The van der Waals surface area contributed by atoms with E-state index in [1.54, 1.807) is 0 Å². The Morgan fingerprint density at radius 3 is 2.38 bits per heavy atom. The van der Waals surface area contributed by atoms with Crippen molar-refractivity contribution in [3.63, 3.8) is 0 Å². The van der Waals surface area contributed by atoms with Gasteiger partial charge in [-0.2, -0.15) is 0 Å². The van der Waals surface area contributed by atoms with E-state index >= 15 is 0 Å². The number of Topliss-reactive ketones (excluding diaryl/α,β-unsaturated/α-hetero) is 1. The fraction of sp³-hybridized carbons (Fsp3) is 0.810. The van der Waals surface area contributed by atoms with Crippen LogP contribution in [0.25, 0.3) is 0 Å². The van der Waals surface area contributed by atoms with Crippen LogP contribution in [0.4, 0.5) is 0 Å². The zero-order valence-electron chi connectivity index (χ0n) is 16.1. The molecular weight excluding hydrogens is 352 g/mol. The molecular formula is C21H31ClO4. The molecule has 4 rings (SSSR count). The van der Waals surface area contributed by atoms with Gasteiger partial charge < -0.3 is 10.2 Å². The van der Waals surface area contributed by atoms with Crippen LogP contribution < -0.4 is 0 Å². The standard InChI is InChI=1S/C19H27ClO2.C2H4O2/c1-18-10-8-15(21)17(20)14(18)4-3-11-12-5-6-16(22)19(12,2)9-7-13(11)18;1-2(3)4/h11-13,16,22H,3-10H2,1-2H3;1H3,(H,3,4)/t11-,12-,13-,16-,18+,19-;/m0./s1. The highest BCUT2D eigenvalue weighted by atomic mass is 35.5. The Hall–Kier alpha value is -0.870. The maximum Gasteiger partial charge on any atom is 0.300 e. The molecule has 0 heterocycles. The van der Waals surface area contributed by atoms with Crippen LogP contribution in [0.3, 0.4) is 0 Å². The fourth-order valence-corrected chi connectivity index (χ4v) is 7.03. The molecule has 0 saturated heterocycles. The Bertz CT molecular complexity index is 638. The lowest BCUT2D eigenvalue weighted by atomic mass is 9.47. The Morgan fingerprint density at radius 2 is 1.73 bits per heavy atom. The molecule has 3 saturated carbocycles. The Labute approximate surface area is 161 Å². The topological polar surface area (TPSA) is 74.6 Å². The molecule has 0 unspecified atom stereocenters. The number of carboxylic acids is 1. The van der Waals surface area contributed by atoms with Gasteiger partial charge in [-0.15, -0.1) is 0 Å². The van der Waals surface area contributed by atoms with Gasteiger partial charge >= 0.3 is 0 Å². The highest BCUT2D eigenvalue weighted by Gasteiger charge is 2.59. The first kappa shape index (κ1) is 19.9. The summed E-state index contributed by atoms with van der Waals surface area (Å²) in [6.45, 7) is 5.76. The summed E-state index contributed by atoms with van der Waals surface area (Å²) in [6.07, 6.45) is 8.11. The highest BCUT2D eigenvalue weighted by molar-refractivity contribution is 6.43. The van der Waals surface area contributed by atoms with Gasteiger partial charge in [-0.05, 0) is 79.1 Å². The molecule has 4 aliphatic rings. The molecule has 146 valence electrons. The number of fused-ring (bicyclic) bond motifs is 5. The second-order valence-corrected chi connectivity index (χ2v) is 9.58. The van der Waals surface area contributed by atoms with Crippen molar-refractivity contribution < 1.29 is 19.8 Å². The van der Waals surface area contributed by atoms with Crippen LogP contribution in [0.1, 0.15) is 72.1 Å². The minimum absolute atomic E-state index is 0.111. The number of carbonyl (C=O) groups is 2. The van der Waals surface area contributed by atoms with Crippen LogP contribution in [0.15, 0.2) is 10.6 Å². The molecule has 2 N–H and O–H groups in total. The number of ketones is 1. The van der Waals surface area contributed by atoms with Crippen molar-refractivity contribution in [2.75, 3.05) is 0 Å². The largest absolute Gasteiger partial charge is 0.481 e. The third-order valence-electron chi connectivity index (χ3n) is 8.00. The number of aliphatic hydroxyl groups excluding tert-OH is 1. The first-order valence-corrected chi connectivity index (χ1v) is 10.3. The Kier molecular flexibility index (Phi) is 5.31. The molecule has 0 radical (unpaired) electrons. The zero-order chi connectivity index (χ0) is 19.3. The second-order valence-electron chi connectivity index (χ2n) is 9.21. The summed E-state index contributed by atoms with van der Waals surface area (Å²) in [4.78, 5) is 21.0. The van der Waals surface area contributed by atoms with E-state index in [9.17, 15) is 9.90 Å². The maximum atomic E-state index is 12.0. The number of halogens is 1. The van der Waals surface area contributed by atoms with Crippen LogP contribution in [-0.4, -0.2) is 28.1 Å². The molecule has 0 aromatic heterocycles. The normalized spacial score (nSPS) is 44.4. The first-order valence-electron chi connectivity index (χ1n) is 9.91. The molecule has 0 aromatic rings. The lowest BCUT2D eigenvalue weighted by Gasteiger charge is -2.57. The average Bonchev–Trinajstić information content (AvgIpc) is 2.86. The van der Waals surface area contributed by atoms with Crippen molar-refractivity contribution in [1.82, 2.24) is 0 Å². The van der Waals surface area contributed by atoms with Crippen LogP contribution in [-0.2, 0) is 9.59 Å². The molecule has 0 aliphatic heterocycles. The quantitative estimate of drug-likeness (QED) is 0.645. The molecule has 0 aromatic carbocycles. The number of rotatable bonds is 0. The summed E-state index contributed by atoms with van der Waals surface area (Å²) in [5.74, 6) is 1.35. The van der Waals surface area contributed by atoms with E-state index < -0.39 is 5.97 Å². The predicted molar refractivity (Wildman–Crippen MR) is 101 cm³/mol. The van der Waals surface area contributed by atoms with Gasteiger partial charge in [-0.3, -0.25) is 9.59 Å². The summed E-state index contributed by atoms with van der Waals surface area (Å²) in [5, 5.41) is 18.5. The van der Waals surface area contributed by atoms with Crippen LogP contribution >= 0.6 is 11.6 Å². The Morgan fingerprint density at radius 1 is 1.08 bits per heavy atom. The second kappa shape index (κ2) is 6.94.